The van der Waals surface area contributed by atoms with E-state index in [1.165, 1.54) is 0 Å². The fourth-order valence-electron chi connectivity index (χ4n) is 4.47. The van der Waals surface area contributed by atoms with Gasteiger partial charge in [-0.3, -0.25) is 9.59 Å². The van der Waals surface area contributed by atoms with Crippen molar-refractivity contribution in [3.05, 3.63) is 59.7 Å². The van der Waals surface area contributed by atoms with Gasteiger partial charge in [-0.15, -0.1) is 0 Å². The summed E-state index contributed by atoms with van der Waals surface area (Å²) in [5.41, 5.74) is 4.48. The normalized spacial score (nSPS) is 16.1. The number of hydrogen-bond acceptors (Lipinski definition) is 5. The summed E-state index contributed by atoms with van der Waals surface area (Å²) >= 11 is 0. The van der Waals surface area contributed by atoms with Gasteiger partial charge in [0.05, 0.1) is 18.4 Å². The van der Waals surface area contributed by atoms with Crippen molar-refractivity contribution in [2.24, 2.45) is 11.8 Å². The van der Waals surface area contributed by atoms with Crippen molar-refractivity contribution in [2.45, 2.75) is 37.7 Å². The molecule has 0 heterocycles. The van der Waals surface area contributed by atoms with Crippen LogP contribution < -0.4 is 10.6 Å². The number of ether oxygens (including phenoxy) is 1. The molecule has 0 bridgehead atoms. The highest BCUT2D eigenvalue weighted by Crippen LogP contribution is 2.44. The average Bonchev–Trinajstić information content (AvgIpc) is 3.59. The molecule has 0 saturated heterocycles. The van der Waals surface area contributed by atoms with E-state index in [0.717, 1.165) is 35.1 Å². The molecule has 0 aliphatic heterocycles. The lowest BCUT2D eigenvalue weighted by Crippen LogP contribution is -2.38. The first-order chi connectivity index (χ1) is 16.4. The second kappa shape index (κ2) is 10.7. The smallest absolute Gasteiger partial charge is 0.407 e. The van der Waals surface area contributed by atoms with Crippen LogP contribution in [0.2, 0.25) is 0 Å². The van der Waals surface area contributed by atoms with E-state index in [9.17, 15) is 24.6 Å². The summed E-state index contributed by atoms with van der Waals surface area (Å²) in [4.78, 5) is 35.6. The minimum atomic E-state index is -1.10. The Morgan fingerprint density at radius 3 is 2.15 bits per heavy atom. The van der Waals surface area contributed by atoms with Gasteiger partial charge in [-0.2, -0.15) is 0 Å². The van der Waals surface area contributed by atoms with Gasteiger partial charge in [0, 0.05) is 19.0 Å². The highest BCUT2D eigenvalue weighted by atomic mass is 16.5. The molecule has 180 valence electrons. The zero-order valence-corrected chi connectivity index (χ0v) is 18.9. The SMILES string of the molecule is O=C(CC(O)CNC(=O)OCC1c2ccccc2-c2ccccc21)NCC(CC1CC1)C(=O)O. The summed E-state index contributed by atoms with van der Waals surface area (Å²) in [7, 11) is 0. The number of carbonyl (C=O) groups excluding carboxylic acids is 2. The zero-order valence-electron chi connectivity index (χ0n) is 18.9. The van der Waals surface area contributed by atoms with Crippen molar-refractivity contribution < 1.29 is 29.3 Å². The summed E-state index contributed by atoms with van der Waals surface area (Å²) in [5.74, 6) is -1.63. The Balaban J connectivity index is 1.19. The quantitative estimate of drug-likeness (QED) is 0.404. The number of benzene rings is 2. The number of aliphatic hydroxyl groups excluding tert-OH is 1. The van der Waals surface area contributed by atoms with E-state index in [1.807, 2.05) is 36.4 Å². The number of hydrogen-bond donors (Lipinski definition) is 4. The van der Waals surface area contributed by atoms with Gasteiger partial charge in [0.15, 0.2) is 0 Å². The van der Waals surface area contributed by atoms with Crippen LogP contribution in [0.15, 0.2) is 48.5 Å². The van der Waals surface area contributed by atoms with Gasteiger partial charge in [-0.25, -0.2) is 4.79 Å². The van der Waals surface area contributed by atoms with Crippen LogP contribution in [0.1, 0.15) is 42.7 Å². The number of carboxylic acid groups (broad SMARTS) is 1. The van der Waals surface area contributed by atoms with E-state index in [0.29, 0.717) is 12.3 Å². The number of aliphatic hydroxyl groups is 1. The summed E-state index contributed by atoms with van der Waals surface area (Å²) in [6, 6.07) is 16.1. The standard InChI is InChI=1S/C26H30N2O6/c29-18(12-24(30)27-13-17(25(31)32)11-16-9-10-16)14-28-26(33)34-15-23-21-7-3-1-5-19(21)20-6-2-4-8-22(20)23/h1-8,16-18,23,29H,9-15H2,(H,27,30)(H,28,33)(H,31,32). The summed E-state index contributed by atoms with van der Waals surface area (Å²) < 4.78 is 5.42. The molecule has 2 aromatic rings. The van der Waals surface area contributed by atoms with Gasteiger partial charge in [-0.05, 0) is 34.6 Å². The van der Waals surface area contributed by atoms with Crippen LogP contribution in [0.3, 0.4) is 0 Å². The number of rotatable bonds is 11. The molecule has 0 aromatic heterocycles. The van der Waals surface area contributed by atoms with E-state index >= 15 is 0 Å². The highest BCUT2D eigenvalue weighted by Gasteiger charge is 2.30. The van der Waals surface area contributed by atoms with E-state index in [2.05, 4.69) is 22.8 Å². The van der Waals surface area contributed by atoms with Crippen LogP contribution in [-0.2, 0) is 14.3 Å². The first-order valence-electron chi connectivity index (χ1n) is 11.7. The maximum atomic E-state index is 12.2. The van der Waals surface area contributed by atoms with Crippen molar-refractivity contribution in [3.63, 3.8) is 0 Å². The number of nitrogens with one attached hydrogen (secondary N) is 2. The topological polar surface area (TPSA) is 125 Å². The predicted molar refractivity (Wildman–Crippen MR) is 125 cm³/mol. The van der Waals surface area contributed by atoms with Crippen molar-refractivity contribution >= 4 is 18.0 Å². The molecule has 2 aliphatic carbocycles. The Morgan fingerprint density at radius 2 is 1.56 bits per heavy atom. The van der Waals surface area contributed by atoms with Gasteiger partial charge in [-0.1, -0.05) is 61.4 Å². The highest BCUT2D eigenvalue weighted by molar-refractivity contribution is 5.79. The number of aliphatic carboxylic acids is 1. The molecule has 4 rings (SSSR count). The maximum absolute atomic E-state index is 12.2. The lowest BCUT2D eigenvalue weighted by Gasteiger charge is -2.16. The molecule has 1 fully saturated rings. The van der Waals surface area contributed by atoms with Crippen LogP contribution in [0.5, 0.6) is 0 Å². The van der Waals surface area contributed by atoms with Gasteiger partial charge >= 0.3 is 12.1 Å². The van der Waals surface area contributed by atoms with E-state index < -0.39 is 30.0 Å². The monoisotopic (exact) mass is 466 g/mol. The number of alkyl carbamates (subject to hydrolysis) is 1. The molecule has 2 amide bonds. The molecule has 2 aromatic carbocycles. The minimum absolute atomic E-state index is 0.0389. The molecule has 2 atom stereocenters. The fraction of sp³-hybridized carbons (Fsp3) is 0.423. The average molecular weight is 467 g/mol. The second-order valence-corrected chi connectivity index (χ2v) is 9.08. The van der Waals surface area contributed by atoms with Crippen LogP contribution in [-0.4, -0.2) is 54.0 Å². The number of carboxylic acids is 1. The van der Waals surface area contributed by atoms with Gasteiger partial charge in [0.1, 0.15) is 6.61 Å². The molecule has 2 unspecified atom stereocenters. The maximum Gasteiger partial charge on any atom is 0.407 e. The Labute approximate surface area is 198 Å². The number of amides is 2. The largest absolute Gasteiger partial charge is 0.481 e. The Kier molecular flexibility index (Phi) is 7.47. The van der Waals surface area contributed by atoms with Crippen molar-refractivity contribution in [2.75, 3.05) is 19.7 Å². The van der Waals surface area contributed by atoms with Gasteiger partial charge < -0.3 is 25.6 Å². The summed E-state index contributed by atoms with van der Waals surface area (Å²) in [6.45, 7) is 0.0553. The number of fused-ring (bicyclic) bond motifs is 3. The van der Waals surface area contributed by atoms with E-state index in [4.69, 9.17) is 4.74 Å². The molecule has 8 nitrogen and oxygen atoms in total. The van der Waals surface area contributed by atoms with Crippen molar-refractivity contribution in [1.82, 2.24) is 10.6 Å². The molecule has 1 saturated carbocycles. The second-order valence-electron chi connectivity index (χ2n) is 9.08. The third-order valence-electron chi connectivity index (χ3n) is 6.46. The summed E-state index contributed by atoms with van der Waals surface area (Å²) in [6.07, 6.45) is 0.626. The lowest BCUT2D eigenvalue weighted by atomic mass is 9.98. The third-order valence-corrected chi connectivity index (χ3v) is 6.46. The molecule has 34 heavy (non-hydrogen) atoms. The molecular weight excluding hydrogens is 436 g/mol. The molecule has 8 heteroatoms. The Morgan fingerprint density at radius 1 is 0.941 bits per heavy atom. The molecular formula is C26H30N2O6. The molecule has 0 spiro atoms. The summed E-state index contributed by atoms with van der Waals surface area (Å²) in [5, 5.41) is 24.4. The van der Waals surface area contributed by atoms with Gasteiger partial charge in [0.25, 0.3) is 0 Å². The zero-order chi connectivity index (χ0) is 24.1. The van der Waals surface area contributed by atoms with Gasteiger partial charge in [0.2, 0.25) is 5.91 Å². The molecule has 0 radical (unpaired) electrons. The third kappa shape index (κ3) is 5.94. The predicted octanol–water partition coefficient (Wildman–Crippen LogP) is 2.89. The Hall–Kier alpha value is -3.39. The first kappa shape index (κ1) is 23.8. The lowest BCUT2D eigenvalue weighted by molar-refractivity contribution is -0.142. The Bertz CT molecular complexity index is 1010. The van der Waals surface area contributed by atoms with Crippen molar-refractivity contribution in [1.29, 1.82) is 0 Å². The van der Waals surface area contributed by atoms with Crippen LogP contribution >= 0.6 is 0 Å². The van der Waals surface area contributed by atoms with Crippen LogP contribution in [0.4, 0.5) is 4.79 Å². The van der Waals surface area contributed by atoms with E-state index in [-0.39, 0.29) is 32.0 Å². The number of carbonyl (C=O) groups is 3. The molecule has 2 aliphatic rings. The van der Waals surface area contributed by atoms with E-state index in [1.54, 1.807) is 0 Å². The fourth-order valence-corrected chi connectivity index (χ4v) is 4.47. The minimum Gasteiger partial charge on any atom is -0.481 e. The molecule has 4 N–H and O–H groups in total. The van der Waals surface area contributed by atoms with Crippen LogP contribution in [0.25, 0.3) is 11.1 Å². The first-order valence-corrected chi connectivity index (χ1v) is 11.7. The van der Waals surface area contributed by atoms with Crippen molar-refractivity contribution in [3.8, 4) is 11.1 Å². The van der Waals surface area contributed by atoms with Crippen LogP contribution in [0, 0.1) is 11.8 Å².